The van der Waals surface area contributed by atoms with Crippen LogP contribution < -0.4 is 9.47 Å². The summed E-state index contributed by atoms with van der Waals surface area (Å²) in [5.74, 6) is 2.15. The summed E-state index contributed by atoms with van der Waals surface area (Å²) in [4.78, 5) is 14.0. The van der Waals surface area contributed by atoms with Gasteiger partial charge in [0.1, 0.15) is 12.4 Å². The zero-order valence-corrected chi connectivity index (χ0v) is 12.3. The van der Waals surface area contributed by atoms with Gasteiger partial charge in [-0.2, -0.15) is 0 Å². The minimum Gasteiger partial charge on any atom is -0.493 e. The first-order chi connectivity index (χ1) is 9.74. The van der Waals surface area contributed by atoms with Crippen molar-refractivity contribution in [1.29, 1.82) is 0 Å². The van der Waals surface area contributed by atoms with E-state index in [9.17, 15) is 4.79 Å². The lowest BCUT2D eigenvalue weighted by Crippen LogP contribution is -2.42. The van der Waals surface area contributed by atoms with Crippen molar-refractivity contribution in [2.24, 2.45) is 5.92 Å². The van der Waals surface area contributed by atoms with E-state index in [1.807, 2.05) is 24.3 Å². The van der Waals surface area contributed by atoms with Crippen molar-refractivity contribution in [2.45, 2.75) is 19.8 Å². The van der Waals surface area contributed by atoms with Crippen LogP contribution in [0.4, 0.5) is 0 Å². The number of likely N-dealkylation sites (tertiary alicyclic amines) is 1. The molecule has 1 heterocycles. The van der Waals surface area contributed by atoms with Gasteiger partial charge in [-0.1, -0.05) is 19.1 Å². The molecule has 0 bridgehead atoms. The van der Waals surface area contributed by atoms with Crippen LogP contribution in [-0.2, 0) is 4.79 Å². The molecule has 0 radical (unpaired) electrons. The molecule has 4 nitrogen and oxygen atoms in total. The van der Waals surface area contributed by atoms with Gasteiger partial charge in [-0.3, -0.25) is 9.69 Å². The third-order valence-electron chi connectivity index (χ3n) is 3.84. The van der Waals surface area contributed by atoms with Crippen molar-refractivity contribution < 1.29 is 14.3 Å². The van der Waals surface area contributed by atoms with Crippen molar-refractivity contribution >= 4 is 5.78 Å². The summed E-state index contributed by atoms with van der Waals surface area (Å²) in [5, 5.41) is 0. The Balaban J connectivity index is 1.80. The molecule has 2 rings (SSSR count). The Morgan fingerprint density at radius 1 is 1.30 bits per heavy atom. The molecule has 110 valence electrons. The van der Waals surface area contributed by atoms with Crippen LogP contribution in [0.25, 0.3) is 0 Å². The largest absolute Gasteiger partial charge is 0.493 e. The molecule has 4 heteroatoms. The van der Waals surface area contributed by atoms with Gasteiger partial charge in [0.05, 0.1) is 7.11 Å². The Kier molecular flexibility index (Phi) is 5.41. The predicted molar refractivity (Wildman–Crippen MR) is 78.3 cm³/mol. The second kappa shape index (κ2) is 7.29. The molecule has 0 N–H and O–H groups in total. The first kappa shape index (κ1) is 14.9. The highest BCUT2D eigenvalue weighted by molar-refractivity contribution is 5.82. The molecule has 1 aromatic rings. The lowest BCUT2D eigenvalue weighted by atomic mass is 9.94. The molecule has 0 aromatic heterocycles. The van der Waals surface area contributed by atoms with Gasteiger partial charge in [-0.15, -0.1) is 0 Å². The molecule has 0 saturated carbocycles. The minimum atomic E-state index is 0.204. The van der Waals surface area contributed by atoms with Gasteiger partial charge in [0.15, 0.2) is 11.5 Å². The number of rotatable bonds is 6. The molecule has 1 atom stereocenters. The first-order valence-corrected chi connectivity index (χ1v) is 7.25. The summed E-state index contributed by atoms with van der Waals surface area (Å²) < 4.78 is 11.0. The monoisotopic (exact) mass is 277 g/mol. The van der Waals surface area contributed by atoms with E-state index in [4.69, 9.17) is 9.47 Å². The molecule has 1 saturated heterocycles. The van der Waals surface area contributed by atoms with Gasteiger partial charge < -0.3 is 9.47 Å². The fourth-order valence-corrected chi connectivity index (χ4v) is 2.56. The number of hydrogen-bond acceptors (Lipinski definition) is 4. The molecular weight excluding hydrogens is 254 g/mol. The fraction of sp³-hybridized carbons (Fsp3) is 0.562. The van der Waals surface area contributed by atoms with Crippen molar-refractivity contribution in [1.82, 2.24) is 4.90 Å². The Hall–Kier alpha value is -1.55. The number of Topliss-reactive ketones (excluding diaryl/α,β-unsaturated/α-hetero) is 1. The Bertz CT molecular complexity index is 447. The lowest BCUT2D eigenvalue weighted by Gasteiger charge is -2.31. The van der Waals surface area contributed by atoms with E-state index < -0.39 is 0 Å². The van der Waals surface area contributed by atoms with Crippen LogP contribution >= 0.6 is 0 Å². The van der Waals surface area contributed by atoms with Crippen LogP contribution in [0.2, 0.25) is 0 Å². The summed E-state index contributed by atoms with van der Waals surface area (Å²) in [6.07, 6.45) is 1.61. The number of hydrogen-bond donors (Lipinski definition) is 0. The number of piperidine rings is 1. The summed E-state index contributed by atoms with van der Waals surface area (Å²) in [7, 11) is 1.64. The second-order valence-corrected chi connectivity index (χ2v) is 5.12. The molecular formula is C16H23NO3. The minimum absolute atomic E-state index is 0.204. The van der Waals surface area contributed by atoms with E-state index in [0.29, 0.717) is 18.8 Å². The molecule has 1 aliphatic heterocycles. The molecule has 1 aliphatic rings. The maximum absolute atomic E-state index is 11.7. The number of benzene rings is 1. The SMILES string of the molecule is CCC1CN(CCOc2ccccc2OC)CCC1=O. The number of methoxy groups -OCH3 is 1. The molecule has 1 unspecified atom stereocenters. The Morgan fingerprint density at radius 3 is 2.75 bits per heavy atom. The van der Waals surface area contributed by atoms with Gasteiger partial charge in [0.25, 0.3) is 0 Å². The summed E-state index contributed by atoms with van der Waals surface area (Å²) in [5.41, 5.74) is 0. The van der Waals surface area contributed by atoms with E-state index in [1.165, 1.54) is 0 Å². The van der Waals surface area contributed by atoms with E-state index >= 15 is 0 Å². The number of para-hydroxylation sites is 2. The Labute approximate surface area is 120 Å². The van der Waals surface area contributed by atoms with Crippen LogP contribution in [0.1, 0.15) is 19.8 Å². The van der Waals surface area contributed by atoms with Crippen LogP contribution in [0.15, 0.2) is 24.3 Å². The zero-order chi connectivity index (χ0) is 14.4. The lowest BCUT2D eigenvalue weighted by molar-refractivity contribution is -0.126. The van der Waals surface area contributed by atoms with Crippen molar-refractivity contribution in [3.63, 3.8) is 0 Å². The average Bonchev–Trinajstić information content (AvgIpc) is 2.49. The Morgan fingerprint density at radius 2 is 2.05 bits per heavy atom. The van der Waals surface area contributed by atoms with Crippen molar-refractivity contribution in [3.8, 4) is 11.5 Å². The fourth-order valence-electron chi connectivity index (χ4n) is 2.56. The quantitative estimate of drug-likeness (QED) is 0.800. The first-order valence-electron chi connectivity index (χ1n) is 7.25. The molecule has 0 spiro atoms. The zero-order valence-electron chi connectivity index (χ0n) is 12.3. The highest BCUT2D eigenvalue weighted by Gasteiger charge is 2.25. The smallest absolute Gasteiger partial charge is 0.161 e. The van der Waals surface area contributed by atoms with Crippen molar-refractivity contribution in [2.75, 3.05) is 33.4 Å². The van der Waals surface area contributed by atoms with E-state index in [2.05, 4.69) is 11.8 Å². The van der Waals surface area contributed by atoms with Gasteiger partial charge in [0.2, 0.25) is 0 Å². The van der Waals surface area contributed by atoms with Crippen molar-refractivity contribution in [3.05, 3.63) is 24.3 Å². The normalized spacial score (nSPS) is 19.9. The topological polar surface area (TPSA) is 38.8 Å². The van der Waals surface area contributed by atoms with Crippen LogP contribution in [-0.4, -0.2) is 44.0 Å². The van der Waals surface area contributed by atoms with Crippen LogP contribution in [0.3, 0.4) is 0 Å². The average molecular weight is 277 g/mol. The number of carbonyl (C=O) groups is 1. The van der Waals surface area contributed by atoms with E-state index in [1.54, 1.807) is 7.11 Å². The van der Waals surface area contributed by atoms with Gasteiger partial charge in [-0.05, 0) is 18.6 Å². The number of nitrogens with zero attached hydrogens (tertiary/aromatic N) is 1. The second-order valence-electron chi connectivity index (χ2n) is 5.12. The molecule has 20 heavy (non-hydrogen) atoms. The third kappa shape index (κ3) is 3.73. The van der Waals surface area contributed by atoms with E-state index in [0.717, 1.165) is 37.6 Å². The van der Waals surface area contributed by atoms with Crippen LogP contribution in [0, 0.1) is 5.92 Å². The summed E-state index contributed by atoms with van der Waals surface area (Å²) in [6.45, 7) is 5.26. The summed E-state index contributed by atoms with van der Waals surface area (Å²) >= 11 is 0. The van der Waals surface area contributed by atoms with Gasteiger partial charge >= 0.3 is 0 Å². The molecule has 1 fully saturated rings. The number of carbonyl (C=O) groups excluding carboxylic acids is 1. The highest BCUT2D eigenvalue weighted by atomic mass is 16.5. The molecule has 0 amide bonds. The maximum Gasteiger partial charge on any atom is 0.161 e. The van der Waals surface area contributed by atoms with Gasteiger partial charge in [-0.25, -0.2) is 0 Å². The summed E-state index contributed by atoms with van der Waals surface area (Å²) in [6, 6.07) is 7.66. The number of ketones is 1. The third-order valence-corrected chi connectivity index (χ3v) is 3.84. The highest BCUT2D eigenvalue weighted by Crippen LogP contribution is 2.25. The van der Waals surface area contributed by atoms with Crippen LogP contribution in [0.5, 0.6) is 11.5 Å². The van der Waals surface area contributed by atoms with Gasteiger partial charge in [0, 0.05) is 32.0 Å². The predicted octanol–water partition coefficient (Wildman–Crippen LogP) is 2.38. The van der Waals surface area contributed by atoms with E-state index in [-0.39, 0.29) is 5.92 Å². The standard InChI is InChI=1S/C16H23NO3/c1-3-13-12-17(9-8-14(13)18)10-11-20-16-7-5-4-6-15(16)19-2/h4-7,13H,3,8-12H2,1-2H3. The maximum atomic E-state index is 11.7. The molecule has 1 aromatic carbocycles. The number of ether oxygens (including phenoxy) is 2. The molecule has 0 aliphatic carbocycles.